The molecular weight excluding hydrogens is 393 g/mol. The molecule has 0 saturated heterocycles. The fourth-order valence-corrected chi connectivity index (χ4v) is 2.77. The molecule has 1 aromatic carbocycles. The van der Waals surface area contributed by atoms with Gasteiger partial charge >= 0.3 is 11.7 Å². The monoisotopic (exact) mass is 411 g/mol. The van der Waals surface area contributed by atoms with Crippen molar-refractivity contribution < 1.29 is 18.7 Å². The Balaban J connectivity index is 2.31. The molecule has 0 amide bonds. The molecule has 0 unspecified atom stereocenters. The van der Waals surface area contributed by atoms with Gasteiger partial charge in [-0.1, -0.05) is 25.4 Å². The molecule has 8 nitrogen and oxygen atoms in total. The summed E-state index contributed by atoms with van der Waals surface area (Å²) in [6.45, 7) is 3.08. The van der Waals surface area contributed by atoms with E-state index in [1.54, 1.807) is 0 Å². The molecule has 0 atom stereocenters. The van der Waals surface area contributed by atoms with Crippen LogP contribution in [0.15, 0.2) is 27.8 Å². The number of rotatable bonds is 6. The summed E-state index contributed by atoms with van der Waals surface area (Å²) in [7, 11) is 1.22. The van der Waals surface area contributed by atoms with Gasteiger partial charge in [-0.05, 0) is 24.1 Å². The summed E-state index contributed by atoms with van der Waals surface area (Å²) in [5, 5.41) is -0.182. The number of hydrogen-bond acceptors (Lipinski definition) is 6. The average Bonchev–Trinajstić information content (AvgIpc) is 2.61. The van der Waals surface area contributed by atoms with Crippen molar-refractivity contribution in [1.29, 1.82) is 0 Å². The SMILES string of the molecule is CC(C)Cn1c(N)c(C(=O)COC(=O)c2ccc(F)cc2Cl)c(=O)n(C)c1=O. The Bertz CT molecular complexity index is 1060. The first kappa shape index (κ1) is 21.4. The Morgan fingerprint density at radius 1 is 1.29 bits per heavy atom. The number of halogens is 2. The Hall–Kier alpha value is -2.94. The minimum absolute atomic E-state index is 0.0268. The molecule has 28 heavy (non-hydrogen) atoms. The third-order valence-electron chi connectivity index (χ3n) is 3.90. The molecule has 1 heterocycles. The van der Waals surface area contributed by atoms with E-state index in [1.165, 1.54) is 7.05 Å². The maximum Gasteiger partial charge on any atom is 0.340 e. The first-order chi connectivity index (χ1) is 13.0. The number of esters is 1. The lowest BCUT2D eigenvalue weighted by Gasteiger charge is -2.16. The number of benzene rings is 1. The summed E-state index contributed by atoms with van der Waals surface area (Å²) < 4.78 is 19.8. The summed E-state index contributed by atoms with van der Waals surface area (Å²) in [6.07, 6.45) is 0. The number of nitrogen functional groups attached to an aromatic ring is 1. The molecule has 0 fully saturated rings. The van der Waals surface area contributed by atoms with E-state index in [0.717, 1.165) is 27.3 Å². The van der Waals surface area contributed by atoms with Gasteiger partial charge in [0.05, 0.1) is 10.6 Å². The summed E-state index contributed by atoms with van der Waals surface area (Å²) in [5.41, 5.74) is 3.77. The lowest BCUT2D eigenvalue weighted by atomic mass is 10.1. The first-order valence-corrected chi connectivity index (χ1v) is 8.67. The maximum absolute atomic E-state index is 13.1. The van der Waals surface area contributed by atoms with Gasteiger partial charge in [0.1, 0.15) is 17.2 Å². The van der Waals surface area contributed by atoms with Crippen molar-refractivity contribution in [2.45, 2.75) is 20.4 Å². The molecular formula is C18H19ClFN3O5. The van der Waals surface area contributed by atoms with E-state index in [9.17, 15) is 23.6 Å². The highest BCUT2D eigenvalue weighted by Crippen LogP contribution is 2.18. The van der Waals surface area contributed by atoms with Crippen LogP contribution in [0.25, 0.3) is 0 Å². The van der Waals surface area contributed by atoms with E-state index >= 15 is 0 Å². The molecule has 0 aliphatic carbocycles. The maximum atomic E-state index is 13.1. The summed E-state index contributed by atoms with van der Waals surface area (Å²) in [4.78, 5) is 49.1. The molecule has 0 radical (unpaired) electrons. The number of carbonyl (C=O) groups excluding carboxylic acids is 2. The zero-order valence-corrected chi connectivity index (χ0v) is 16.2. The van der Waals surface area contributed by atoms with Crippen LogP contribution in [0.2, 0.25) is 5.02 Å². The second kappa shape index (κ2) is 8.39. The van der Waals surface area contributed by atoms with Crippen molar-refractivity contribution in [3.8, 4) is 0 Å². The van der Waals surface area contributed by atoms with Crippen molar-refractivity contribution in [3.05, 3.63) is 61.0 Å². The van der Waals surface area contributed by atoms with Crippen molar-refractivity contribution in [2.75, 3.05) is 12.3 Å². The fourth-order valence-electron chi connectivity index (χ4n) is 2.52. The number of nitrogens with two attached hydrogens (primary N) is 1. The second-order valence-electron chi connectivity index (χ2n) is 6.53. The minimum atomic E-state index is -0.968. The second-order valence-corrected chi connectivity index (χ2v) is 6.94. The Morgan fingerprint density at radius 3 is 2.50 bits per heavy atom. The van der Waals surface area contributed by atoms with E-state index in [0.29, 0.717) is 0 Å². The molecule has 10 heteroatoms. The van der Waals surface area contributed by atoms with E-state index in [1.807, 2.05) is 13.8 Å². The van der Waals surface area contributed by atoms with Crippen molar-refractivity contribution in [3.63, 3.8) is 0 Å². The third kappa shape index (κ3) is 4.30. The Morgan fingerprint density at radius 2 is 1.93 bits per heavy atom. The zero-order valence-electron chi connectivity index (χ0n) is 15.5. The van der Waals surface area contributed by atoms with Crippen molar-refractivity contribution in [1.82, 2.24) is 9.13 Å². The number of nitrogens with zero attached hydrogens (tertiary/aromatic N) is 2. The number of aromatic nitrogens is 2. The predicted octanol–water partition coefficient (Wildman–Crippen LogP) is 1.62. The van der Waals surface area contributed by atoms with Crippen LogP contribution < -0.4 is 17.0 Å². The fraction of sp³-hybridized carbons (Fsp3) is 0.333. The number of anilines is 1. The normalized spacial score (nSPS) is 10.9. The van der Waals surface area contributed by atoms with Gasteiger partial charge in [0.25, 0.3) is 5.56 Å². The number of ether oxygens (including phenoxy) is 1. The molecule has 0 spiro atoms. The molecule has 0 aliphatic rings. The van der Waals surface area contributed by atoms with Gasteiger partial charge in [-0.25, -0.2) is 14.0 Å². The van der Waals surface area contributed by atoms with Crippen LogP contribution in [0.3, 0.4) is 0 Å². The van der Waals surface area contributed by atoms with Crippen LogP contribution >= 0.6 is 11.6 Å². The Kier molecular flexibility index (Phi) is 6.40. The van der Waals surface area contributed by atoms with Gasteiger partial charge in [0, 0.05) is 13.6 Å². The molecule has 2 rings (SSSR count). The van der Waals surface area contributed by atoms with Gasteiger partial charge in [-0.15, -0.1) is 0 Å². The molecule has 2 aromatic rings. The van der Waals surface area contributed by atoms with E-state index < -0.39 is 41.0 Å². The topological polar surface area (TPSA) is 113 Å². The van der Waals surface area contributed by atoms with Gasteiger partial charge < -0.3 is 10.5 Å². The lowest BCUT2D eigenvalue weighted by molar-refractivity contribution is 0.0474. The van der Waals surface area contributed by atoms with Crippen LogP contribution in [0, 0.1) is 11.7 Å². The molecule has 0 bridgehead atoms. The molecule has 1 aromatic heterocycles. The van der Waals surface area contributed by atoms with Crippen LogP contribution in [-0.4, -0.2) is 27.5 Å². The molecule has 0 saturated carbocycles. The summed E-state index contributed by atoms with van der Waals surface area (Å²) in [5.74, 6) is -2.74. The standard InChI is InChI=1S/C18H19ClFN3O5/c1-9(2)7-23-15(21)14(16(25)22(3)18(23)27)13(24)8-28-17(26)11-5-4-10(20)6-12(11)19/h4-6,9H,7-8,21H2,1-3H3. The van der Waals surface area contributed by atoms with Crippen LogP contribution in [-0.2, 0) is 18.3 Å². The molecule has 0 aliphatic heterocycles. The van der Waals surface area contributed by atoms with Crippen molar-refractivity contribution >= 4 is 29.2 Å². The quantitative estimate of drug-likeness (QED) is 0.570. The number of Topliss-reactive ketones (excluding diaryl/α,β-unsaturated/α-hetero) is 1. The highest BCUT2D eigenvalue weighted by molar-refractivity contribution is 6.33. The summed E-state index contributed by atoms with van der Waals surface area (Å²) >= 11 is 5.78. The summed E-state index contributed by atoms with van der Waals surface area (Å²) in [6, 6.07) is 3.05. The molecule has 2 N–H and O–H groups in total. The van der Waals surface area contributed by atoms with E-state index in [4.69, 9.17) is 22.1 Å². The first-order valence-electron chi connectivity index (χ1n) is 8.29. The minimum Gasteiger partial charge on any atom is -0.454 e. The van der Waals surface area contributed by atoms with Gasteiger partial charge in [-0.2, -0.15) is 0 Å². The predicted molar refractivity (Wildman–Crippen MR) is 101 cm³/mol. The van der Waals surface area contributed by atoms with Gasteiger partial charge in [-0.3, -0.25) is 18.7 Å². The smallest absolute Gasteiger partial charge is 0.340 e. The van der Waals surface area contributed by atoms with Crippen molar-refractivity contribution in [2.24, 2.45) is 13.0 Å². The van der Waals surface area contributed by atoms with Gasteiger partial charge in [0.15, 0.2) is 6.61 Å². The highest BCUT2D eigenvalue weighted by atomic mass is 35.5. The van der Waals surface area contributed by atoms with Crippen LogP contribution in [0.5, 0.6) is 0 Å². The largest absolute Gasteiger partial charge is 0.454 e. The number of hydrogen-bond donors (Lipinski definition) is 1. The van der Waals surface area contributed by atoms with E-state index in [-0.39, 0.29) is 28.9 Å². The lowest BCUT2D eigenvalue weighted by Crippen LogP contribution is -2.43. The van der Waals surface area contributed by atoms with Gasteiger partial charge in [0.2, 0.25) is 5.78 Å². The number of carbonyl (C=O) groups is 2. The van der Waals surface area contributed by atoms with E-state index in [2.05, 4.69) is 0 Å². The number of ketones is 1. The van der Waals surface area contributed by atoms with Crippen LogP contribution in [0.4, 0.5) is 10.2 Å². The van der Waals surface area contributed by atoms with Crippen LogP contribution in [0.1, 0.15) is 34.6 Å². The average molecular weight is 412 g/mol. The Labute approximate surface area is 164 Å². The zero-order chi connectivity index (χ0) is 21.2. The highest BCUT2D eigenvalue weighted by Gasteiger charge is 2.23. The third-order valence-corrected chi connectivity index (χ3v) is 4.21. The molecule has 150 valence electrons.